The highest BCUT2D eigenvalue weighted by atomic mass is 16.2. The zero-order chi connectivity index (χ0) is 21.3. The number of pyridine rings is 1. The smallest absolute Gasteiger partial charge is 0.247 e. The summed E-state index contributed by atoms with van der Waals surface area (Å²) in [4.78, 5) is 22.3. The van der Waals surface area contributed by atoms with Crippen molar-refractivity contribution in [3.8, 4) is 11.3 Å². The third kappa shape index (κ3) is 3.59. The molecule has 0 unspecified atom stereocenters. The number of hydrogen-bond donors (Lipinski definition) is 1. The molecule has 1 N–H and O–H groups in total. The molecule has 5 heteroatoms. The van der Waals surface area contributed by atoms with Gasteiger partial charge in [-0.15, -0.1) is 0 Å². The minimum absolute atomic E-state index is 0.165. The molecule has 31 heavy (non-hydrogen) atoms. The molecule has 0 aliphatic carbocycles. The van der Waals surface area contributed by atoms with Gasteiger partial charge in [-0.2, -0.15) is 0 Å². The highest BCUT2D eigenvalue weighted by Gasteiger charge is 2.50. The molecule has 2 aliphatic heterocycles. The Labute approximate surface area is 183 Å². The van der Waals surface area contributed by atoms with E-state index in [0.29, 0.717) is 6.67 Å². The van der Waals surface area contributed by atoms with Crippen LogP contribution in [0.1, 0.15) is 24.0 Å². The maximum absolute atomic E-state index is 12.9. The molecule has 2 saturated heterocycles. The van der Waals surface area contributed by atoms with Crippen molar-refractivity contribution in [2.45, 2.75) is 31.8 Å². The molecule has 5 nitrogen and oxygen atoms in total. The first-order chi connectivity index (χ1) is 15.2. The number of nitrogens with zero attached hydrogens (tertiary/aromatic N) is 3. The zero-order valence-corrected chi connectivity index (χ0v) is 17.9. The molecule has 158 valence electrons. The van der Waals surface area contributed by atoms with Crippen LogP contribution in [-0.4, -0.2) is 41.1 Å². The van der Waals surface area contributed by atoms with Crippen molar-refractivity contribution >= 4 is 11.6 Å². The van der Waals surface area contributed by atoms with Gasteiger partial charge in [-0.3, -0.25) is 14.7 Å². The first kappa shape index (κ1) is 19.8. The number of carbonyl (C=O) groups is 1. The van der Waals surface area contributed by atoms with Crippen molar-refractivity contribution in [3.63, 3.8) is 0 Å². The fraction of sp³-hybridized carbons (Fsp3) is 0.308. The lowest BCUT2D eigenvalue weighted by Crippen LogP contribution is -2.56. The largest absolute Gasteiger partial charge is 0.339 e. The molecular weight excluding hydrogens is 384 g/mol. The average Bonchev–Trinajstić information content (AvgIpc) is 3.12. The Kier molecular flexibility index (Phi) is 5.20. The van der Waals surface area contributed by atoms with Gasteiger partial charge < -0.3 is 10.2 Å². The number of piperidine rings is 1. The summed E-state index contributed by atoms with van der Waals surface area (Å²) < 4.78 is 0. The predicted molar refractivity (Wildman–Crippen MR) is 124 cm³/mol. The van der Waals surface area contributed by atoms with E-state index in [9.17, 15) is 4.79 Å². The standard InChI is InChI=1S/C26H28N4O/c1-20-8-5-6-12-23(20)24-21(9-7-15-27-24)18-29-16-13-26(14-17-29)25(31)28-19-30(26)22-10-3-2-4-11-22/h2-12,15H,13-14,16-19H2,1H3,(H,28,31). The van der Waals surface area contributed by atoms with Gasteiger partial charge in [0.2, 0.25) is 5.91 Å². The molecule has 1 amide bonds. The fourth-order valence-corrected chi connectivity index (χ4v) is 5.00. The average molecular weight is 413 g/mol. The number of anilines is 1. The summed E-state index contributed by atoms with van der Waals surface area (Å²) >= 11 is 0. The van der Waals surface area contributed by atoms with Gasteiger partial charge in [0.05, 0.1) is 12.4 Å². The number of amides is 1. The molecule has 2 fully saturated rings. The summed E-state index contributed by atoms with van der Waals surface area (Å²) in [6, 6.07) is 22.9. The van der Waals surface area contributed by atoms with Crippen LogP contribution in [0.5, 0.6) is 0 Å². The molecule has 2 aliphatic rings. The molecule has 3 aromatic rings. The summed E-state index contributed by atoms with van der Waals surface area (Å²) in [6.45, 7) is 5.34. The molecule has 0 saturated carbocycles. The van der Waals surface area contributed by atoms with Crippen LogP contribution in [0.25, 0.3) is 11.3 Å². The van der Waals surface area contributed by atoms with Crippen LogP contribution in [0.15, 0.2) is 72.9 Å². The molecule has 0 atom stereocenters. The SMILES string of the molecule is Cc1ccccc1-c1ncccc1CN1CCC2(CC1)C(=O)NCN2c1ccccc1. The lowest BCUT2D eigenvalue weighted by atomic mass is 9.85. The molecular formula is C26H28N4O. The van der Waals surface area contributed by atoms with Gasteiger partial charge in [-0.05, 0) is 49.1 Å². The van der Waals surface area contributed by atoms with Crippen LogP contribution < -0.4 is 10.2 Å². The van der Waals surface area contributed by atoms with Crippen molar-refractivity contribution < 1.29 is 4.79 Å². The fourth-order valence-electron chi connectivity index (χ4n) is 5.00. The number of aromatic nitrogens is 1. The highest BCUT2D eigenvalue weighted by Crippen LogP contribution is 2.37. The normalized spacial score (nSPS) is 18.4. The number of hydrogen-bond acceptors (Lipinski definition) is 4. The minimum Gasteiger partial charge on any atom is -0.339 e. The van der Waals surface area contributed by atoms with Crippen LogP contribution in [0.3, 0.4) is 0 Å². The number of nitrogens with one attached hydrogen (secondary N) is 1. The van der Waals surface area contributed by atoms with E-state index in [1.807, 2.05) is 30.5 Å². The van der Waals surface area contributed by atoms with E-state index in [0.717, 1.165) is 43.9 Å². The first-order valence-corrected chi connectivity index (χ1v) is 11.0. The maximum Gasteiger partial charge on any atom is 0.247 e. The van der Waals surface area contributed by atoms with Crippen LogP contribution in [0.2, 0.25) is 0 Å². The maximum atomic E-state index is 12.9. The van der Waals surface area contributed by atoms with Crippen molar-refractivity contribution in [1.29, 1.82) is 0 Å². The number of likely N-dealkylation sites (tertiary alicyclic amines) is 1. The van der Waals surface area contributed by atoms with Crippen molar-refractivity contribution in [1.82, 2.24) is 15.2 Å². The number of aryl methyl sites for hydroxylation is 1. The third-order valence-corrected chi connectivity index (χ3v) is 6.77. The second-order valence-corrected chi connectivity index (χ2v) is 8.56. The molecule has 3 heterocycles. The molecule has 2 aromatic carbocycles. The monoisotopic (exact) mass is 412 g/mol. The van der Waals surface area contributed by atoms with Crippen LogP contribution in [0, 0.1) is 6.92 Å². The zero-order valence-electron chi connectivity index (χ0n) is 17.9. The van der Waals surface area contributed by atoms with E-state index in [2.05, 4.69) is 64.5 Å². The molecule has 0 bridgehead atoms. The highest BCUT2D eigenvalue weighted by molar-refractivity contribution is 5.93. The van der Waals surface area contributed by atoms with E-state index in [4.69, 9.17) is 4.98 Å². The van der Waals surface area contributed by atoms with Crippen molar-refractivity contribution in [2.75, 3.05) is 24.7 Å². The van der Waals surface area contributed by atoms with Gasteiger partial charge in [-0.25, -0.2) is 0 Å². The van der Waals surface area contributed by atoms with Gasteiger partial charge in [0.1, 0.15) is 5.54 Å². The predicted octanol–water partition coefficient (Wildman–Crippen LogP) is 3.99. The van der Waals surface area contributed by atoms with Crippen molar-refractivity contribution in [2.24, 2.45) is 0 Å². The van der Waals surface area contributed by atoms with E-state index in [-0.39, 0.29) is 5.91 Å². The lowest BCUT2D eigenvalue weighted by molar-refractivity contribution is -0.125. The van der Waals surface area contributed by atoms with Gasteiger partial charge >= 0.3 is 0 Å². The minimum atomic E-state index is -0.439. The topological polar surface area (TPSA) is 48.5 Å². The number of rotatable bonds is 4. The number of carbonyl (C=O) groups excluding carboxylic acids is 1. The third-order valence-electron chi connectivity index (χ3n) is 6.77. The molecule has 0 radical (unpaired) electrons. The number of benzene rings is 2. The van der Waals surface area contributed by atoms with E-state index in [1.165, 1.54) is 16.7 Å². The second-order valence-electron chi connectivity index (χ2n) is 8.56. The molecule has 1 aromatic heterocycles. The van der Waals surface area contributed by atoms with E-state index >= 15 is 0 Å². The molecule has 1 spiro atoms. The Hall–Kier alpha value is -3.18. The van der Waals surface area contributed by atoms with Gasteiger partial charge in [0.25, 0.3) is 0 Å². The summed E-state index contributed by atoms with van der Waals surface area (Å²) in [5.74, 6) is 0.165. The van der Waals surface area contributed by atoms with Crippen LogP contribution >= 0.6 is 0 Å². The molecule has 5 rings (SSSR count). The summed E-state index contributed by atoms with van der Waals surface area (Å²) in [5, 5.41) is 3.09. The Balaban J connectivity index is 1.34. The lowest BCUT2D eigenvalue weighted by Gasteiger charge is -2.43. The second kappa shape index (κ2) is 8.16. The summed E-state index contributed by atoms with van der Waals surface area (Å²) in [6.07, 6.45) is 3.53. The van der Waals surface area contributed by atoms with Gasteiger partial charge in [0, 0.05) is 37.1 Å². The Morgan fingerprint density at radius 2 is 1.71 bits per heavy atom. The Morgan fingerprint density at radius 3 is 2.48 bits per heavy atom. The summed E-state index contributed by atoms with van der Waals surface area (Å²) in [7, 11) is 0. The van der Waals surface area contributed by atoms with Crippen LogP contribution in [-0.2, 0) is 11.3 Å². The van der Waals surface area contributed by atoms with Gasteiger partial charge in [0.15, 0.2) is 0 Å². The van der Waals surface area contributed by atoms with Crippen molar-refractivity contribution in [3.05, 3.63) is 84.1 Å². The quantitative estimate of drug-likeness (QED) is 0.704. The van der Waals surface area contributed by atoms with Gasteiger partial charge in [-0.1, -0.05) is 48.5 Å². The Morgan fingerprint density at radius 1 is 0.968 bits per heavy atom. The first-order valence-electron chi connectivity index (χ1n) is 11.0. The number of para-hydroxylation sites is 1. The van der Waals surface area contributed by atoms with E-state index < -0.39 is 5.54 Å². The Bertz CT molecular complexity index is 1070. The van der Waals surface area contributed by atoms with Crippen LogP contribution in [0.4, 0.5) is 5.69 Å². The van der Waals surface area contributed by atoms with E-state index in [1.54, 1.807) is 0 Å². The summed E-state index contributed by atoms with van der Waals surface area (Å²) in [5.41, 5.74) is 5.40.